The number of carbonyl (C=O) groups is 1. The van der Waals surface area contributed by atoms with Crippen molar-refractivity contribution in [3.05, 3.63) is 95.4 Å². The number of nitrogens with two attached hydrogens (primary N) is 1. The molecule has 0 unspecified atom stereocenters. The van der Waals surface area contributed by atoms with Crippen LogP contribution in [0.2, 0.25) is 0 Å². The summed E-state index contributed by atoms with van der Waals surface area (Å²) >= 11 is 0. The smallest absolute Gasteiger partial charge is 0.278 e. The number of hydrogen-bond acceptors (Lipinski definition) is 2. The van der Waals surface area contributed by atoms with E-state index >= 15 is 0 Å². The molecule has 26 heavy (non-hydrogen) atoms. The average Bonchev–Trinajstić information content (AvgIpc) is 3.23. The van der Waals surface area contributed by atoms with Crippen LogP contribution < -0.4 is 5.32 Å². The number of fused-ring (bicyclic) bond motifs is 1. The van der Waals surface area contributed by atoms with Gasteiger partial charge >= 0.3 is 0 Å². The minimum atomic E-state index is -0.00720. The molecule has 4 heteroatoms. The van der Waals surface area contributed by atoms with Gasteiger partial charge in [0.1, 0.15) is 0 Å². The molecule has 2 N–H and O–H groups in total. The van der Waals surface area contributed by atoms with Crippen molar-refractivity contribution in [1.82, 2.24) is 4.90 Å². The zero-order valence-corrected chi connectivity index (χ0v) is 14.7. The summed E-state index contributed by atoms with van der Waals surface area (Å²) in [5, 5.41) is 2.07. The van der Waals surface area contributed by atoms with Crippen LogP contribution in [0, 0.1) is 0 Å². The molecule has 1 aromatic heterocycles. The molecule has 4 rings (SSSR count). The van der Waals surface area contributed by atoms with Gasteiger partial charge in [-0.05, 0) is 29.7 Å². The zero-order valence-electron chi connectivity index (χ0n) is 14.7. The molecule has 0 spiro atoms. The molecule has 0 aliphatic carbocycles. The van der Waals surface area contributed by atoms with Crippen molar-refractivity contribution in [2.24, 2.45) is 0 Å². The lowest BCUT2D eigenvalue weighted by atomic mass is 10.00. The van der Waals surface area contributed by atoms with Gasteiger partial charge < -0.3 is 14.6 Å². The van der Waals surface area contributed by atoms with E-state index in [1.54, 1.807) is 6.26 Å². The summed E-state index contributed by atoms with van der Waals surface area (Å²) in [7, 11) is 0. The fourth-order valence-electron chi connectivity index (χ4n) is 3.60. The molecule has 3 aromatic rings. The van der Waals surface area contributed by atoms with Crippen molar-refractivity contribution < 1.29 is 14.5 Å². The van der Waals surface area contributed by atoms with Crippen molar-refractivity contribution >= 4 is 5.91 Å². The maximum Gasteiger partial charge on any atom is 0.278 e. The summed E-state index contributed by atoms with van der Waals surface area (Å²) in [6.07, 6.45) is 2.62. The van der Waals surface area contributed by atoms with Gasteiger partial charge in [0.25, 0.3) is 5.91 Å². The molecule has 0 saturated carbocycles. The van der Waals surface area contributed by atoms with Gasteiger partial charge in [-0.3, -0.25) is 4.79 Å². The maximum absolute atomic E-state index is 12.8. The van der Waals surface area contributed by atoms with Gasteiger partial charge in [-0.2, -0.15) is 0 Å². The minimum Gasteiger partial charge on any atom is -0.463 e. The summed E-state index contributed by atoms with van der Waals surface area (Å²) in [5.74, 6) is 1.04. The molecule has 0 radical (unpaired) electrons. The number of benzene rings is 2. The van der Waals surface area contributed by atoms with E-state index in [9.17, 15) is 4.79 Å². The van der Waals surface area contributed by atoms with Crippen LogP contribution in [0.4, 0.5) is 0 Å². The zero-order chi connectivity index (χ0) is 17.8. The Kier molecular flexibility index (Phi) is 4.84. The first-order valence-corrected chi connectivity index (χ1v) is 9.07. The first kappa shape index (κ1) is 16.6. The Hall–Kier alpha value is -2.85. The molecule has 132 valence electrons. The summed E-state index contributed by atoms with van der Waals surface area (Å²) in [6.45, 7) is 1.91. The van der Waals surface area contributed by atoms with Crippen LogP contribution in [-0.4, -0.2) is 23.9 Å². The van der Waals surface area contributed by atoms with E-state index in [-0.39, 0.29) is 11.9 Å². The Balaban J connectivity index is 1.44. The van der Waals surface area contributed by atoms with Crippen molar-refractivity contribution in [2.75, 3.05) is 13.1 Å². The summed E-state index contributed by atoms with van der Waals surface area (Å²) in [4.78, 5) is 14.7. The van der Waals surface area contributed by atoms with Crippen LogP contribution in [0.1, 0.15) is 28.5 Å². The fourth-order valence-corrected chi connectivity index (χ4v) is 3.60. The van der Waals surface area contributed by atoms with Crippen LogP contribution in [0.25, 0.3) is 0 Å². The van der Waals surface area contributed by atoms with E-state index in [1.165, 1.54) is 11.1 Å². The number of carbonyl (C=O) groups excluding carboxylic acids is 1. The maximum atomic E-state index is 12.8. The first-order chi connectivity index (χ1) is 12.8. The summed E-state index contributed by atoms with van der Waals surface area (Å²) < 4.78 is 5.62. The van der Waals surface area contributed by atoms with Gasteiger partial charge in [-0.25, -0.2) is 0 Å². The second-order valence-electron chi connectivity index (χ2n) is 6.68. The van der Waals surface area contributed by atoms with Gasteiger partial charge in [0, 0.05) is 18.7 Å². The third-order valence-electron chi connectivity index (χ3n) is 5.02. The minimum absolute atomic E-state index is 0.00720. The highest BCUT2D eigenvalue weighted by Gasteiger charge is 2.25. The molecule has 4 nitrogen and oxygen atoms in total. The van der Waals surface area contributed by atoms with Gasteiger partial charge in [0.05, 0.1) is 6.26 Å². The van der Waals surface area contributed by atoms with Crippen molar-refractivity contribution in [3.63, 3.8) is 0 Å². The summed E-state index contributed by atoms with van der Waals surface area (Å²) in [6, 6.07) is 22.4. The highest BCUT2D eigenvalue weighted by molar-refractivity contribution is 5.77. The number of quaternary nitrogens is 1. The molecule has 0 saturated heterocycles. The van der Waals surface area contributed by atoms with Crippen LogP contribution >= 0.6 is 0 Å². The highest BCUT2D eigenvalue weighted by atomic mass is 16.3. The largest absolute Gasteiger partial charge is 0.463 e. The van der Waals surface area contributed by atoms with E-state index < -0.39 is 0 Å². The molecule has 1 amide bonds. The fraction of sp³-hybridized carbons (Fsp3) is 0.227. The Morgan fingerprint density at radius 1 is 1.00 bits per heavy atom. The number of hydrogen-bond donors (Lipinski definition) is 1. The van der Waals surface area contributed by atoms with E-state index in [2.05, 4.69) is 35.6 Å². The quantitative estimate of drug-likeness (QED) is 0.771. The van der Waals surface area contributed by atoms with E-state index in [4.69, 9.17) is 4.42 Å². The number of rotatable bonds is 5. The Labute approximate surface area is 153 Å². The lowest BCUT2D eigenvalue weighted by molar-refractivity contribution is -0.679. The topological polar surface area (TPSA) is 50.1 Å². The molecule has 1 atom stereocenters. The molecule has 1 aliphatic rings. The van der Waals surface area contributed by atoms with Gasteiger partial charge in [-0.15, -0.1) is 0 Å². The van der Waals surface area contributed by atoms with Crippen molar-refractivity contribution in [3.8, 4) is 0 Å². The van der Waals surface area contributed by atoms with Gasteiger partial charge in [0.15, 0.2) is 18.3 Å². The second-order valence-corrected chi connectivity index (χ2v) is 6.68. The molecular weight excluding hydrogens is 324 g/mol. The third-order valence-corrected chi connectivity index (χ3v) is 5.02. The Morgan fingerprint density at radius 2 is 1.77 bits per heavy atom. The normalized spacial score (nSPS) is 14.7. The lowest BCUT2D eigenvalue weighted by Crippen LogP contribution is -2.87. The van der Waals surface area contributed by atoms with Crippen LogP contribution in [0.15, 0.2) is 77.4 Å². The first-order valence-electron chi connectivity index (χ1n) is 9.07. The van der Waals surface area contributed by atoms with Gasteiger partial charge in [0.2, 0.25) is 0 Å². The lowest BCUT2D eigenvalue weighted by Gasteiger charge is -2.28. The van der Waals surface area contributed by atoms with Crippen molar-refractivity contribution in [2.45, 2.75) is 19.0 Å². The van der Waals surface area contributed by atoms with E-state index in [0.29, 0.717) is 13.1 Å². The average molecular weight is 347 g/mol. The molecule has 1 aliphatic heterocycles. The second kappa shape index (κ2) is 7.58. The van der Waals surface area contributed by atoms with Crippen LogP contribution in [-0.2, 0) is 17.8 Å². The van der Waals surface area contributed by atoms with E-state index in [1.807, 2.05) is 41.3 Å². The van der Waals surface area contributed by atoms with Crippen LogP contribution in [0.3, 0.4) is 0 Å². The summed E-state index contributed by atoms with van der Waals surface area (Å²) in [5.41, 5.74) is 3.76. The van der Waals surface area contributed by atoms with Gasteiger partial charge in [-0.1, -0.05) is 54.6 Å². The predicted octanol–water partition coefficient (Wildman–Crippen LogP) is 2.52. The van der Waals surface area contributed by atoms with Crippen molar-refractivity contribution in [1.29, 1.82) is 0 Å². The highest BCUT2D eigenvalue weighted by Crippen LogP contribution is 2.20. The predicted molar refractivity (Wildman–Crippen MR) is 99.3 cm³/mol. The Morgan fingerprint density at radius 3 is 2.54 bits per heavy atom. The monoisotopic (exact) mass is 347 g/mol. The standard InChI is InChI=1S/C22H22N2O2/c25-21(24-13-12-17-7-4-5-10-19(17)16-24)15-23-22(20-11-6-14-26-20)18-8-2-1-3-9-18/h1-11,14,22-23H,12-13,15-16H2/p+1/t22-/m0/s1. The molecule has 2 heterocycles. The molecular formula is C22H23N2O2+. The molecule has 2 aromatic carbocycles. The van der Waals surface area contributed by atoms with E-state index in [0.717, 1.165) is 24.3 Å². The third kappa shape index (κ3) is 3.55. The molecule has 0 bridgehead atoms. The number of furan rings is 1. The van der Waals surface area contributed by atoms with Crippen LogP contribution in [0.5, 0.6) is 0 Å². The Bertz CT molecular complexity index is 859. The number of nitrogens with zero attached hydrogens (tertiary/aromatic N) is 1. The number of amides is 1. The molecule has 0 fully saturated rings. The SMILES string of the molecule is O=C(C[NH2+][C@@H](c1ccccc1)c1ccco1)N1CCc2ccccc2C1.